The van der Waals surface area contributed by atoms with Gasteiger partial charge in [0.25, 0.3) is 5.56 Å². The molecule has 4 aromatic rings. The molecule has 0 unspecified atom stereocenters. The first-order chi connectivity index (χ1) is 15.4. The number of nitrogens with one attached hydrogen (secondary N) is 1. The highest BCUT2D eigenvalue weighted by Crippen LogP contribution is 2.19. The van der Waals surface area contributed by atoms with Crippen molar-refractivity contribution in [2.75, 3.05) is 0 Å². The molecule has 7 heteroatoms. The first-order valence-corrected chi connectivity index (χ1v) is 10.6. The molecule has 0 fully saturated rings. The average Bonchev–Trinajstić information content (AvgIpc) is 2.79. The lowest BCUT2D eigenvalue weighted by Gasteiger charge is -2.17. The second-order valence-electron chi connectivity index (χ2n) is 7.66. The lowest BCUT2D eigenvalue weighted by molar-refractivity contribution is -0.122. The van der Waals surface area contributed by atoms with Crippen LogP contribution in [0.1, 0.15) is 24.1 Å². The van der Waals surface area contributed by atoms with E-state index in [9.17, 15) is 14.4 Å². The molecule has 0 aliphatic carbocycles. The van der Waals surface area contributed by atoms with Crippen LogP contribution >= 0.6 is 11.6 Å². The van der Waals surface area contributed by atoms with Gasteiger partial charge in [0.15, 0.2) is 0 Å². The Labute approximate surface area is 189 Å². The summed E-state index contributed by atoms with van der Waals surface area (Å²) in [5.41, 5.74) is 1.49. The molecule has 1 amide bonds. The standard InChI is InChI=1S/C25H22ClN3O3/c1-16-12-13-19(14-21(16)26)29-24(31)20-10-6-7-11-22(20)28(25(29)32)15-23(30)27-17(2)18-8-4-3-5-9-18/h3-14,17H,15H2,1-2H3,(H,27,30)/t17-/m0/s1. The Hall–Kier alpha value is -3.64. The molecule has 1 atom stereocenters. The summed E-state index contributed by atoms with van der Waals surface area (Å²) in [6, 6.07) is 21.1. The maximum absolute atomic E-state index is 13.4. The fraction of sp³-hybridized carbons (Fsp3) is 0.160. The van der Waals surface area contributed by atoms with Gasteiger partial charge in [0.2, 0.25) is 5.91 Å². The van der Waals surface area contributed by atoms with Crippen LogP contribution in [0, 0.1) is 6.92 Å². The van der Waals surface area contributed by atoms with Crippen molar-refractivity contribution < 1.29 is 4.79 Å². The molecule has 6 nitrogen and oxygen atoms in total. The molecule has 0 radical (unpaired) electrons. The van der Waals surface area contributed by atoms with Gasteiger partial charge in [-0.3, -0.25) is 14.2 Å². The predicted octanol–water partition coefficient (Wildman–Crippen LogP) is 3.99. The maximum Gasteiger partial charge on any atom is 0.336 e. The van der Waals surface area contributed by atoms with Crippen LogP contribution in [0.25, 0.3) is 16.6 Å². The van der Waals surface area contributed by atoms with Gasteiger partial charge < -0.3 is 5.32 Å². The third-order valence-electron chi connectivity index (χ3n) is 5.44. The number of aryl methyl sites for hydroxylation is 1. The van der Waals surface area contributed by atoms with Gasteiger partial charge in [-0.25, -0.2) is 9.36 Å². The topological polar surface area (TPSA) is 73.1 Å². The van der Waals surface area contributed by atoms with E-state index in [4.69, 9.17) is 11.6 Å². The quantitative estimate of drug-likeness (QED) is 0.502. The van der Waals surface area contributed by atoms with E-state index in [1.165, 1.54) is 4.57 Å². The second kappa shape index (κ2) is 8.85. The third kappa shape index (κ3) is 4.09. The summed E-state index contributed by atoms with van der Waals surface area (Å²) in [5.74, 6) is -0.333. The van der Waals surface area contributed by atoms with E-state index in [1.807, 2.05) is 44.2 Å². The SMILES string of the molecule is Cc1ccc(-n2c(=O)c3ccccc3n(CC(=O)N[C@@H](C)c3ccccc3)c2=O)cc1Cl. The number of rotatable bonds is 5. The van der Waals surface area contributed by atoms with Gasteiger partial charge in [-0.1, -0.05) is 60.1 Å². The summed E-state index contributed by atoms with van der Waals surface area (Å²) in [7, 11) is 0. The normalized spacial score (nSPS) is 12.0. The Bertz CT molecular complexity index is 1420. The van der Waals surface area contributed by atoms with Crippen LogP contribution < -0.4 is 16.6 Å². The molecule has 0 saturated carbocycles. The van der Waals surface area contributed by atoms with Crippen LogP contribution in [-0.4, -0.2) is 15.0 Å². The number of para-hydroxylation sites is 1. The summed E-state index contributed by atoms with van der Waals surface area (Å²) in [6.45, 7) is 3.49. The number of carbonyl (C=O) groups is 1. The fourth-order valence-electron chi connectivity index (χ4n) is 3.68. The zero-order chi connectivity index (χ0) is 22.8. The number of hydrogen-bond donors (Lipinski definition) is 1. The van der Waals surface area contributed by atoms with Gasteiger partial charge in [0.05, 0.1) is 22.6 Å². The van der Waals surface area contributed by atoms with Crippen LogP contribution in [0.15, 0.2) is 82.4 Å². The lowest BCUT2D eigenvalue weighted by Crippen LogP contribution is -2.42. The van der Waals surface area contributed by atoms with E-state index >= 15 is 0 Å². The van der Waals surface area contributed by atoms with Crippen LogP contribution in [0.2, 0.25) is 5.02 Å². The Morgan fingerprint density at radius 1 is 1.00 bits per heavy atom. The number of nitrogens with zero attached hydrogens (tertiary/aromatic N) is 2. The van der Waals surface area contributed by atoms with E-state index in [-0.39, 0.29) is 18.5 Å². The first kappa shape index (κ1) is 21.6. The molecule has 4 rings (SSSR count). The summed E-state index contributed by atoms with van der Waals surface area (Å²) in [4.78, 5) is 39.4. The minimum Gasteiger partial charge on any atom is -0.348 e. The molecule has 1 heterocycles. The van der Waals surface area contributed by atoms with Crippen molar-refractivity contribution in [2.45, 2.75) is 26.4 Å². The summed E-state index contributed by atoms with van der Waals surface area (Å²) < 4.78 is 2.37. The molecule has 32 heavy (non-hydrogen) atoms. The van der Waals surface area contributed by atoms with Crippen molar-refractivity contribution >= 4 is 28.4 Å². The lowest BCUT2D eigenvalue weighted by atomic mass is 10.1. The Morgan fingerprint density at radius 2 is 1.69 bits per heavy atom. The van der Waals surface area contributed by atoms with Crippen LogP contribution in [0.4, 0.5) is 0 Å². The predicted molar refractivity (Wildman–Crippen MR) is 127 cm³/mol. The number of aromatic nitrogens is 2. The molecule has 0 saturated heterocycles. The number of carbonyl (C=O) groups excluding carboxylic acids is 1. The van der Waals surface area contributed by atoms with Crippen molar-refractivity contribution in [3.63, 3.8) is 0 Å². The van der Waals surface area contributed by atoms with Crippen LogP contribution in [0.5, 0.6) is 0 Å². The molecule has 1 aromatic heterocycles. The van der Waals surface area contributed by atoms with Crippen LogP contribution in [0.3, 0.4) is 0 Å². The van der Waals surface area contributed by atoms with Gasteiger partial charge in [0, 0.05) is 5.02 Å². The molecule has 162 valence electrons. The fourth-order valence-corrected chi connectivity index (χ4v) is 3.85. The average molecular weight is 448 g/mol. The van der Waals surface area contributed by atoms with Crippen molar-refractivity contribution in [2.24, 2.45) is 0 Å². The van der Waals surface area contributed by atoms with Crippen molar-refractivity contribution in [1.29, 1.82) is 0 Å². The number of hydrogen-bond acceptors (Lipinski definition) is 3. The minimum absolute atomic E-state index is 0.226. The summed E-state index contributed by atoms with van der Waals surface area (Å²) >= 11 is 6.24. The van der Waals surface area contributed by atoms with Gasteiger partial charge in [0.1, 0.15) is 6.54 Å². The van der Waals surface area contributed by atoms with E-state index < -0.39 is 11.2 Å². The van der Waals surface area contributed by atoms with E-state index in [2.05, 4.69) is 5.32 Å². The summed E-state index contributed by atoms with van der Waals surface area (Å²) in [6.07, 6.45) is 0. The van der Waals surface area contributed by atoms with Gasteiger partial charge in [-0.15, -0.1) is 0 Å². The molecular weight excluding hydrogens is 426 g/mol. The highest BCUT2D eigenvalue weighted by atomic mass is 35.5. The number of fused-ring (bicyclic) bond motifs is 1. The Balaban J connectivity index is 1.79. The number of benzene rings is 3. The zero-order valence-corrected chi connectivity index (χ0v) is 18.5. The Morgan fingerprint density at radius 3 is 2.41 bits per heavy atom. The number of halogens is 1. The van der Waals surface area contributed by atoms with Gasteiger partial charge in [-0.2, -0.15) is 0 Å². The Kier molecular flexibility index (Phi) is 5.97. The van der Waals surface area contributed by atoms with Gasteiger partial charge in [-0.05, 0) is 49.2 Å². The molecule has 0 bridgehead atoms. The third-order valence-corrected chi connectivity index (χ3v) is 5.85. The molecule has 1 N–H and O–H groups in total. The molecule has 0 spiro atoms. The van der Waals surface area contributed by atoms with Crippen LogP contribution in [-0.2, 0) is 11.3 Å². The van der Waals surface area contributed by atoms with E-state index in [0.29, 0.717) is 21.6 Å². The maximum atomic E-state index is 13.4. The largest absolute Gasteiger partial charge is 0.348 e. The van der Waals surface area contributed by atoms with E-state index in [0.717, 1.165) is 15.7 Å². The smallest absolute Gasteiger partial charge is 0.336 e. The molecule has 0 aliphatic heterocycles. The zero-order valence-electron chi connectivity index (χ0n) is 17.7. The second-order valence-corrected chi connectivity index (χ2v) is 8.07. The van der Waals surface area contributed by atoms with Crippen molar-refractivity contribution in [1.82, 2.24) is 14.5 Å². The monoisotopic (exact) mass is 447 g/mol. The first-order valence-electron chi connectivity index (χ1n) is 10.2. The molecular formula is C25H22ClN3O3. The van der Waals surface area contributed by atoms with Gasteiger partial charge >= 0.3 is 5.69 Å². The van der Waals surface area contributed by atoms with Crippen molar-refractivity contribution in [3.8, 4) is 5.69 Å². The molecule has 0 aliphatic rings. The number of amides is 1. The van der Waals surface area contributed by atoms with E-state index in [1.54, 1.807) is 42.5 Å². The van der Waals surface area contributed by atoms with Crippen molar-refractivity contribution in [3.05, 3.63) is 110 Å². The minimum atomic E-state index is -0.601. The molecule has 3 aromatic carbocycles. The highest BCUT2D eigenvalue weighted by Gasteiger charge is 2.18. The summed E-state index contributed by atoms with van der Waals surface area (Å²) in [5, 5.41) is 3.71. The highest BCUT2D eigenvalue weighted by molar-refractivity contribution is 6.31.